The number of benzene rings is 1. The molecule has 24 heavy (non-hydrogen) atoms. The van der Waals surface area contributed by atoms with Gasteiger partial charge in [-0.15, -0.1) is 0 Å². The van der Waals surface area contributed by atoms with Crippen LogP contribution in [-0.2, 0) is 6.42 Å². The molecule has 1 N–H and O–H groups in total. The van der Waals surface area contributed by atoms with Crippen LogP contribution >= 0.6 is 0 Å². The molecule has 0 atom stereocenters. The van der Waals surface area contributed by atoms with Gasteiger partial charge in [0.15, 0.2) is 5.82 Å². The molecule has 1 saturated carbocycles. The second-order valence-corrected chi connectivity index (χ2v) is 7.53. The highest BCUT2D eigenvalue weighted by atomic mass is 16.3. The molecule has 0 aliphatic heterocycles. The van der Waals surface area contributed by atoms with Gasteiger partial charge in [-0.1, -0.05) is 45.1 Å². The zero-order valence-electron chi connectivity index (χ0n) is 14.3. The minimum Gasteiger partial charge on any atom is -0.442 e. The maximum atomic E-state index is 5.34. The van der Waals surface area contributed by atoms with Gasteiger partial charge >= 0.3 is 0 Å². The van der Waals surface area contributed by atoms with E-state index < -0.39 is 0 Å². The molecule has 4 nitrogen and oxygen atoms in total. The lowest BCUT2D eigenvalue weighted by Gasteiger charge is -2.31. The number of aromatic amines is 1. The largest absolute Gasteiger partial charge is 0.442 e. The number of H-pyrrole nitrogens is 1. The first-order valence-corrected chi connectivity index (χ1v) is 9.10. The Morgan fingerprint density at radius 1 is 1.12 bits per heavy atom. The first-order chi connectivity index (χ1) is 11.7. The lowest BCUT2D eigenvalue weighted by atomic mass is 9.74. The van der Waals surface area contributed by atoms with Crippen LogP contribution in [0.1, 0.15) is 57.4 Å². The third-order valence-electron chi connectivity index (χ3n) is 5.37. The van der Waals surface area contributed by atoms with Crippen molar-refractivity contribution < 1.29 is 4.42 Å². The molecule has 0 amide bonds. The fraction of sp³-hybridized carbons (Fsp3) is 0.500. The Labute approximate surface area is 142 Å². The van der Waals surface area contributed by atoms with E-state index in [0.29, 0.717) is 17.1 Å². The van der Waals surface area contributed by atoms with Gasteiger partial charge in [0.2, 0.25) is 0 Å². The average Bonchev–Trinajstić information content (AvgIpc) is 3.20. The standard InChI is InChI=1S/C20H25N3O/c1-20(9-5-3-2-4-6-10-20)14-15-7-8-16-17(13-15)23-18(22-16)19-21-11-12-24-19/h7-8,11-13H,2-6,9-10,14H2,1H3,(H,22,23). The van der Waals surface area contributed by atoms with Crippen molar-refractivity contribution in [2.45, 2.75) is 58.3 Å². The molecule has 0 unspecified atom stereocenters. The molecule has 0 saturated heterocycles. The Balaban J connectivity index is 1.58. The molecule has 4 heteroatoms. The summed E-state index contributed by atoms with van der Waals surface area (Å²) >= 11 is 0. The fourth-order valence-electron chi connectivity index (χ4n) is 4.04. The van der Waals surface area contributed by atoms with E-state index in [9.17, 15) is 0 Å². The normalized spacial score (nSPS) is 18.4. The van der Waals surface area contributed by atoms with Crippen LogP contribution in [0.2, 0.25) is 0 Å². The molecule has 1 aliphatic rings. The van der Waals surface area contributed by atoms with Gasteiger partial charge in [0, 0.05) is 0 Å². The number of rotatable bonds is 3. The number of hydrogen-bond donors (Lipinski definition) is 1. The van der Waals surface area contributed by atoms with Crippen molar-refractivity contribution in [1.29, 1.82) is 0 Å². The number of fused-ring (bicyclic) bond motifs is 1. The molecule has 3 aromatic rings. The van der Waals surface area contributed by atoms with Gasteiger partial charge in [0.1, 0.15) is 6.26 Å². The fourth-order valence-corrected chi connectivity index (χ4v) is 4.04. The lowest BCUT2D eigenvalue weighted by molar-refractivity contribution is 0.235. The molecule has 2 aromatic heterocycles. The van der Waals surface area contributed by atoms with Gasteiger partial charge in [0.25, 0.3) is 5.89 Å². The molecular formula is C20H25N3O. The summed E-state index contributed by atoms with van der Waals surface area (Å²) in [6.07, 6.45) is 14.0. The highest BCUT2D eigenvalue weighted by Gasteiger charge is 2.25. The van der Waals surface area contributed by atoms with E-state index in [1.165, 1.54) is 50.5 Å². The second-order valence-electron chi connectivity index (χ2n) is 7.53. The van der Waals surface area contributed by atoms with Gasteiger partial charge in [0.05, 0.1) is 17.2 Å². The van der Waals surface area contributed by atoms with Crippen LogP contribution in [-0.4, -0.2) is 15.0 Å². The molecule has 4 rings (SSSR count). The van der Waals surface area contributed by atoms with E-state index in [1.54, 1.807) is 12.5 Å². The summed E-state index contributed by atoms with van der Waals surface area (Å²) in [6.45, 7) is 2.47. The monoisotopic (exact) mass is 323 g/mol. The van der Waals surface area contributed by atoms with Crippen molar-refractivity contribution in [2.24, 2.45) is 5.41 Å². The van der Waals surface area contributed by atoms with Crippen LogP contribution in [0.5, 0.6) is 0 Å². The molecule has 0 spiro atoms. The first-order valence-electron chi connectivity index (χ1n) is 9.10. The second kappa shape index (κ2) is 6.42. The third kappa shape index (κ3) is 3.23. The summed E-state index contributed by atoms with van der Waals surface area (Å²) in [4.78, 5) is 12.1. The van der Waals surface area contributed by atoms with E-state index in [2.05, 4.69) is 40.1 Å². The van der Waals surface area contributed by atoms with Gasteiger partial charge in [-0.2, -0.15) is 0 Å². The number of imidazole rings is 1. The van der Waals surface area contributed by atoms with Crippen molar-refractivity contribution in [3.8, 4) is 11.7 Å². The van der Waals surface area contributed by atoms with Crippen LogP contribution in [0.15, 0.2) is 35.1 Å². The summed E-state index contributed by atoms with van der Waals surface area (Å²) < 4.78 is 5.34. The Hall–Kier alpha value is -2.10. The van der Waals surface area contributed by atoms with Crippen LogP contribution < -0.4 is 0 Å². The number of aromatic nitrogens is 3. The Morgan fingerprint density at radius 2 is 1.92 bits per heavy atom. The molecule has 2 heterocycles. The predicted molar refractivity (Wildman–Crippen MR) is 95.7 cm³/mol. The van der Waals surface area contributed by atoms with Crippen molar-refractivity contribution in [3.63, 3.8) is 0 Å². The smallest absolute Gasteiger partial charge is 0.262 e. The molecule has 126 valence electrons. The van der Waals surface area contributed by atoms with E-state index in [-0.39, 0.29) is 0 Å². The Morgan fingerprint density at radius 3 is 2.67 bits per heavy atom. The minimum atomic E-state index is 0.430. The number of hydrogen-bond acceptors (Lipinski definition) is 3. The Bertz CT molecular complexity index is 796. The predicted octanol–water partition coefficient (Wildman–Crippen LogP) is 5.51. The number of oxazole rings is 1. The Kier molecular flexibility index (Phi) is 4.13. The van der Waals surface area contributed by atoms with E-state index in [4.69, 9.17) is 4.42 Å². The summed E-state index contributed by atoms with van der Waals surface area (Å²) in [6, 6.07) is 6.59. The summed E-state index contributed by atoms with van der Waals surface area (Å²) in [5.74, 6) is 1.24. The summed E-state index contributed by atoms with van der Waals surface area (Å²) in [5.41, 5.74) is 3.86. The maximum Gasteiger partial charge on any atom is 0.262 e. The van der Waals surface area contributed by atoms with Gasteiger partial charge < -0.3 is 9.40 Å². The zero-order valence-corrected chi connectivity index (χ0v) is 14.3. The van der Waals surface area contributed by atoms with E-state index >= 15 is 0 Å². The first kappa shape index (κ1) is 15.4. The summed E-state index contributed by atoms with van der Waals surface area (Å²) in [7, 11) is 0. The quantitative estimate of drug-likeness (QED) is 0.691. The van der Waals surface area contributed by atoms with Crippen molar-refractivity contribution in [2.75, 3.05) is 0 Å². The topological polar surface area (TPSA) is 54.7 Å². The number of nitrogens with zero attached hydrogens (tertiary/aromatic N) is 2. The zero-order chi connectivity index (χ0) is 16.4. The van der Waals surface area contributed by atoms with Crippen LogP contribution in [0, 0.1) is 5.41 Å². The highest BCUT2D eigenvalue weighted by Crippen LogP contribution is 2.37. The molecule has 1 fully saturated rings. The lowest BCUT2D eigenvalue weighted by Crippen LogP contribution is -2.21. The molecule has 1 aromatic carbocycles. The summed E-state index contributed by atoms with van der Waals surface area (Å²) in [5, 5.41) is 0. The third-order valence-corrected chi connectivity index (χ3v) is 5.37. The van der Waals surface area contributed by atoms with Crippen molar-refractivity contribution in [1.82, 2.24) is 15.0 Å². The van der Waals surface area contributed by atoms with Gasteiger partial charge in [-0.25, -0.2) is 9.97 Å². The molecule has 1 aliphatic carbocycles. The van der Waals surface area contributed by atoms with Crippen LogP contribution in [0.25, 0.3) is 22.7 Å². The average molecular weight is 323 g/mol. The highest BCUT2D eigenvalue weighted by molar-refractivity contribution is 5.78. The van der Waals surface area contributed by atoms with Crippen molar-refractivity contribution in [3.05, 3.63) is 36.2 Å². The van der Waals surface area contributed by atoms with Crippen LogP contribution in [0.3, 0.4) is 0 Å². The van der Waals surface area contributed by atoms with E-state index in [0.717, 1.165) is 17.5 Å². The molecular weight excluding hydrogens is 298 g/mol. The maximum absolute atomic E-state index is 5.34. The SMILES string of the molecule is CC1(Cc2ccc3nc(-c4ncco4)[nH]c3c2)CCCCCCC1. The number of nitrogens with one attached hydrogen (secondary N) is 1. The van der Waals surface area contributed by atoms with E-state index in [1.807, 2.05) is 0 Å². The van der Waals surface area contributed by atoms with Crippen molar-refractivity contribution >= 4 is 11.0 Å². The van der Waals surface area contributed by atoms with Gasteiger partial charge in [-0.05, 0) is 42.4 Å². The minimum absolute atomic E-state index is 0.430. The van der Waals surface area contributed by atoms with Crippen LogP contribution in [0.4, 0.5) is 0 Å². The van der Waals surface area contributed by atoms with Gasteiger partial charge in [-0.3, -0.25) is 0 Å². The molecule has 0 bridgehead atoms. The molecule has 0 radical (unpaired) electrons.